The van der Waals surface area contributed by atoms with Gasteiger partial charge in [0.2, 0.25) is 0 Å². The third kappa shape index (κ3) is 3.87. The number of aromatic amines is 1. The van der Waals surface area contributed by atoms with E-state index in [0.717, 1.165) is 27.7 Å². The number of anilines is 1. The molecule has 3 aromatic carbocycles. The number of para-hydroxylation sites is 2. The van der Waals surface area contributed by atoms with Crippen LogP contribution in [0.4, 0.5) is 5.69 Å². The van der Waals surface area contributed by atoms with Crippen LogP contribution in [0.1, 0.15) is 27.0 Å². The summed E-state index contributed by atoms with van der Waals surface area (Å²) in [6.07, 6.45) is 0. The molecule has 0 atom stereocenters. The van der Waals surface area contributed by atoms with Gasteiger partial charge < -0.3 is 9.88 Å². The first-order valence-corrected chi connectivity index (χ1v) is 10.1. The van der Waals surface area contributed by atoms with Gasteiger partial charge in [-0.15, -0.1) is 0 Å². The molecule has 1 heterocycles. The highest BCUT2D eigenvalue weighted by Crippen LogP contribution is 2.25. The van der Waals surface area contributed by atoms with Crippen LogP contribution in [0.2, 0.25) is 5.02 Å². The van der Waals surface area contributed by atoms with Crippen molar-refractivity contribution in [1.82, 2.24) is 4.98 Å². The lowest BCUT2D eigenvalue weighted by Crippen LogP contribution is -2.33. The smallest absolute Gasteiger partial charge is 0.258 e. The van der Waals surface area contributed by atoms with Crippen LogP contribution in [-0.4, -0.2) is 10.9 Å². The van der Waals surface area contributed by atoms with Crippen molar-refractivity contribution >= 4 is 34.1 Å². The van der Waals surface area contributed by atoms with Crippen molar-refractivity contribution in [2.45, 2.75) is 20.4 Å². The van der Waals surface area contributed by atoms with Crippen molar-refractivity contribution in [2.24, 2.45) is 0 Å². The van der Waals surface area contributed by atoms with Crippen molar-refractivity contribution in [3.05, 3.63) is 110 Å². The fourth-order valence-corrected chi connectivity index (χ4v) is 3.72. The van der Waals surface area contributed by atoms with Crippen LogP contribution in [0.25, 0.3) is 10.9 Å². The minimum Gasteiger partial charge on any atom is -0.321 e. The molecule has 30 heavy (non-hydrogen) atoms. The van der Waals surface area contributed by atoms with Crippen molar-refractivity contribution in [3.8, 4) is 0 Å². The summed E-state index contributed by atoms with van der Waals surface area (Å²) in [4.78, 5) is 30.9. The van der Waals surface area contributed by atoms with Gasteiger partial charge in [-0.25, -0.2) is 0 Å². The maximum atomic E-state index is 13.4. The van der Waals surface area contributed by atoms with Gasteiger partial charge in [0.25, 0.3) is 11.5 Å². The van der Waals surface area contributed by atoms with Crippen LogP contribution in [0.3, 0.4) is 0 Å². The van der Waals surface area contributed by atoms with Crippen LogP contribution in [-0.2, 0) is 6.54 Å². The van der Waals surface area contributed by atoms with E-state index < -0.39 is 0 Å². The fraction of sp³-hybridized carbons (Fsp3) is 0.120. The number of nitrogens with zero attached hydrogens (tertiary/aromatic N) is 1. The summed E-state index contributed by atoms with van der Waals surface area (Å²) in [5.41, 5.74) is 4.38. The molecule has 150 valence electrons. The number of fused-ring (bicyclic) bond motifs is 1. The second-order valence-corrected chi connectivity index (χ2v) is 7.78. The molecule has 1 amide bonds. The van der Waals surface area contributed by atoms with E-state index in [1.54, 1.807) is 29.2 Å². The summed E-state index contributed by atoms with van der Waals surface area (Å²) in [6.45, 7) is 4.07. The van der Waals surface area contributed by atoms with Crippen LogP contribution in [0.5, 0.6) is 0 Å². The number of hydrogen-bond acceptors (Lipinski definition) is 2. The number of rotatable bonds is 4. The Kier molecular flexibility index (Phi) is 5.42. The Hall–Kier alpha value is -3.37. The summed E-state index contributed by atoms with van der Waals surface area (Å²) in [5.74, 6) is -0.190. The minimum atomic E-state index is -0.195. The zero-order valence-corrected chi connectivity index (χ0v) is 17.5. The lowest BCUT2D eigenvalue weighted by Gasteiger charge is -2.25. The summed E-state index contributed by atoms with van der Waals surface area (Å²) < 4.78 is 0. The molecular weight excluding hydrogens is 396 g/mol. The summed E-state index contributed by atoms with van der Waals surface area (Å²) >= 11 is 5.99. The molecule has 4 aromatic rings. The van der Waals surface area contributed by atoms with Crippen molar-refractivity contribution in [3.63, 3.8) is 0 Å². The molecular formula is C25H21ClN2O2. The van der Waals surface area contributed by atoms with E-state index in [9.17, 15) is 9.59 Å². The average molecular weight is 417 g/mol. The number of benzene rings is 3. The first-order valence-electron chi connectivity index (χ1n) is 9.68. The van der Waals surface area contributed by atoms with E-state index in [0.29, 0.717) is 16.1 Å². The number of halogens is 1. The number of carbonyl (C=O) groups is 1. The third-order valence-corrected chi connectivity index (χ3v) is 5.49. The second kappa shape index (κ2) is 8.17. The molecule has 0 saturated carbocycles. The van der Waals surface area contributed by atoms with Crippen molar-refractivity contribution < 1.29 is 4.79 Å². The van der Waals surface area contributed by atoms with E-state index in [-0.39, 0.29) is 18.0 Å². The average Bonchev–Trinajstić information content (AvgIpc) is 2.74. The fourth-order valence-electron chi connectivity index (χ4n) is 3.60. The molecule has 4 nitrogen and oxygen atoms in total. The predicted molar refractivity (Wildman–Crippen MR) is 122 cm³/mol. The van der Waals surface area contributed by atoms with Gasteiger partial charge in [0, 0.05) is 21.8 Å². The molecule has 0 aliphatic heterocycles. The van der Waals surface area contributed by atoms with Crippen LogP contribution in [0.15, 0.2) is 77.6 Å². The normalized spacial score (nSPS) is 10.9. The standard InChI is InChI=1S/C25H21ClN2O2/c1-16-6-3-4-9-22(16)28(25(30)18-10-12-21(26)13-11-18)15-20-14-19-8-5-7-17(2)23(19)27-24(20)29/h3-14H,15H2,1-2H3,(H,27,29). The molecule has 1 aromatic heterocycles. The molecule has 0 fully saturated rings. The number of pyridine rings is 1. The Balaban J connectivity index is 1.81. The van der Waals surface area contributed by atoms with Gasteiger partial charge >= 0.3 is 0 Å². The number of aromatic nitrogens is 1. The summed E-state index contributed by atoms with van der Waals surface area (Å²) in [5, 5.41) is 1.50. The number of amides is 1. The lowest BCUT2D eigenvalue weighted by atomic mass is 10.1. The molecule has 0 unspecified atom stereocenters. The van der Waals surface area contributed by atoms with Crippen molar-refractivity contribution in [2.75, 3.05) is 4.90 Å². The van der Waals surface area contributed by atoms with Crippen LogP contribution < -0.4 is 10.5 Å². The quantitative estimate of drug-likeness (QED) is 0.467. The lowest BCUT2D eigenvalue weighted by molar-refractivity contribution is 0.0985. The van der Waals surface area contributed by atoms with Crippen LogP contribution >= 0.6 is 11.6 Å². The molecule has 4 rings (SSSR count). The third-order valence-electron chi connectivity index (χ3n) is 5.24. The van der Waals surface area contributed by atoms with Gasteiger partial charge in [-0.1, -0.05) is 48.0 Å². The Morgan fingerprint density at radius 2 is 1.63 bits per heavy atom. The van der Waals surface area contributed by atoms with Crippen LogP contribution in [0, 0.1) is 13.8 Å². The second-order valence-electron chi connectivity index (χ2n) is 7.35. The number of H-pyrrole nitrogens is 1. The summed E-state index contributed by atoms with van der Waals surface area (Å²) in [6, 6.07) is 22.2. The summed E-state index contributed by atoms with van der Waals surface area (Å²) in [7, 11) is 0. The molecule has 0 aliphatic rings. The van der Waals surface area contributed by atoms with E-state index in [1.807, 2.05) is 62.4 Å². The van der Waals surface area contributed by atoms with Gasteiger partial charge in [-0.3, -0.25) is 9.59 Å². The van der Waals surface area contributed by atoms with E-state index in [1.165, 1.54) is 0 Å². The molecule has 0 bridgehead atoms. The number of hydrogen-bond donors (Lipinski definition) is 1. The zero-order chi connectivity index (χ0) is 21.3. The van der Waals surface area contributed by atoms with Gasteiger partial charge in [-0.05, 0) is 66.8 Å². The highest BCUT2D eigenvalue weighted by molar-refractivity contribution is 6.30. The number of carbonyl (C=O) groups excluding carboxylic acids is 1. The van der Waals surface area contributed by atoms with Gasteiger partial charge in [0.1, 0.15) is 0 Å². The first kappa shape index (κ1) is 19.9. The van der Waals surface area contributed by atoms with Gasteiger partial charge in [0.15, 0.2) is 0 Å². The molecule has 1 N–H and O–H groups in total. The molecule has 5 heteroatoms. The molecule has 0 radical (unpaired) electrons. The Labute approximate surface area is 179 Å². The van der Waals surface area contributed by atoms with E-state index in [4.69, 9.17) is 11.6 Å². The van der Waals surface area contributed by atoms with Gasteiger partial charge in [0.05, 0.1) is 12.1 Å². The minimum absolute atomic E-state index is 0.158. The Morgan fingerprint density at radius 1 is 0.933 bits per heavy atom. The first-order chi connectivity index (χ1) is 14.4. The maximum Gasteiger partial charge on any atom is 0.258 e. The SMILES string of the molecule is Cc1ccccc1N(Cc1cc2cccc(C)c2[nH]c1=O)C(=O)c1ccc(Cl)cc1. The largest absolute Gasteiger partial charge is 0.321 e. The Morgan fingerprint density at radius 3 is 2.37 bits per heavy atom. The highest BCUT2D eigenvalue weighted by Gasteiger charge is 2.21. The number of aryl methyl sites for hydroxylation is 2. The number of nitrogens with one attached hydrogen (secondary N) is 1. The topological polar surface area (TPSA) is 53.2 Å². The van der Waals surface area contributed by atoms with Gasteiger partial charge in [-0.2, -0.15) is 0 Å². The predicted octanol–water partition coefficient (Wildman–Crippen LogP) is 5.65. The van der Waals surface area contributed by atoms with E-state index >= 15 is 0 Å². The van der Waals surface area contributed by atoms with E-state index in [2.05, 4.69) is 4.98 Å². The molecule has 0 aliphatic carbocycles. The molecule has 0 saturated heterocycles. The highest BCUT2D eigenvalue weighted by atomic mass is 35.5. The van der Waals surface area contributed by atoms with Crippen molar-refractivity contribution in [1.29, 1.82) is 0 Å². The Bertz CT molecular complexity index is 1290. The monoisotopic (exact) mass is 416 g/mol. The zero-order valence-electron chi connectivity index (χ0n) is 16.8. The maximum absolute atomic E-state index is 13.4. The molecule has 0 spiro atoms.